The first kappa shape index (κ1) is 12.1. The Morgan fingerprint density at radius 1 is 1.41 bits per heavy atom. The van der Waals surface area contributed by atoms with E-state index in [2.05, 4.69) is 15.3 Å². The molecule has 0 unspecified atom stereocenters. The predicted octanol–water partition coefficient (Wildman–Crippen LogP) is 1.59. The molecule has 1 aromatic heterocycles. The molecular weight excluding hydrogens is 218 g/mol. The van der Waals surface area contributed by atoms with E-state index >= 15 is 0 Å². The van der Waals surface area contributed by atoms with Gasteiger partial charge in [-0.2, -0.15) is 4.98 Å². The quantitative estimate of drug-likeness (QED) is 0.832. The van der Waals surface area contributed by atoms with Gasteiger partial charge in [0.15, 0.2) is 0 Å². The number of ether oxygens (including phenoxy) is 1. The van der Waals surface area contributed by atoms with Gasteiger partial charge in [0.1, 0.15) is 5.82 Å². The normalized spacial score (nSPS) is 24.4. The molecule has 0 amide bonds. The minimum Gasteiger partial charge on any atom is -0.477 e. The van der Waals surface area contributed by atoms with Crippen LogP contribution in [0.2, 0.25) is 0 Å². The molecule has 1 saturated carbocycles. The SMILES string of the molecule is CCOc1cncc(N[C@H]2CCCC[C@@H]2O)n1. The summed E-state index contributed by atoms with van der Waals surface area (Å²) in [4.78, 5) is 8.35. The molecule has 17 heavy (non-hydrogen) atoms. The Morgan fingerprint density at radius 3 is 3.00 bits per heavy atom. The predicted molar refractivity (Wildman–Crippen MR) is 65.1 cm³/mol. The molecule has 1 aliphatic carbocycles. The second-order valence-electron chi connectivity index (χ2n) is 4.28. The van der Waals surface area contributed by atoms with Crippen molar-refractivity contribution in [3.8, 4) is 5.88 Å². The van der Waals surface area contributed by atoms with Gasteiger partial charge in [-0.05, 0) is 19.8 Å². The van der Waals surface area contributed by atoms with E-state index in [0.29, 0.717) is 18.3 Å². The van der Waals surface area contributed by atoms with Gasteiger partial charge in [-0.1, -0.05) is 12.8 Å². The highest BCUT2D eigenvalue weighted by atomic mass is 16.5. The number of aliphatic hydroxyl groups is 1. The van der Waals surface area contributed by atoms with Crippen LogP contribution in [0.25, 0.3) is 0 Å². The van der Waals surface area contributed by atoms with E-state index in [1.165, 1.54) is 0 Å². The second-order valence-corrected chi connectivity index (χ2v) is 4.28. The van der Waals surface area contributed by atoms with Crippen molar-refractivity contribution in [1.82, 2.24) is 9.97 Å². The van der Waals surface area contributed by atoms with Gasteiger partial charge in [-0.25, -0.2) is 0 Å². The lowest BCUT2D eigenvalue weighted by Gasteiger charge is -2.28. The zero-order valence-corrected chi connectivity index (χ0v) is 10.1. The van der Waals surface area contributed by atoms with Crippen molar-refractivity contribution >= 4 is 5.82 Å². The van der Waals surface area contributed by atoms with Crippen LogP contribution in [0.1, 0.15) is 32.6 Å². The second kappa shape index (κ2) is 5.82. The molecule has 94 valence electrons. The summed E-state index contributed by atoms with van der Waals surface area (Å²) < 4.78 is 5.29. The van der Waals surface area contributed by atoms with E-state index in [1.54, 1.807) is 12.4 Å². The molecule has 0 bridgehead atoms. The van der Waals surface area contributed by atoms with Crippen LogP contribution < -0.4 is 10.1 Å². The van der Waals surface area contributed by atoms with Crippen molar-refractivity contribution in [3.05, 3.63) is 12.4 Å². The molecule has 5 nitrogen and oxygen atoms in total. The lowest BCUT2D eigenvalue weighted by molar-refractivity contribution is 0.116. The van der Waals surface area contributed by atoms with Crippen LogP contribution in [0.15, 0.2) is 12.4 Å². The summed E-state index contributed by atoms with van der Waals surface area (Å²) in [6.45, 7) is 2.48. The monoisotopic (exact) mass is 237 g/mol. The summed E-state index contributed by atoms with van der Waals surface area (Å²) in [6.07, 6.45) is 7.03. The Kier molecular flexibility index (Phi) is 4.14. The van der Waals surface area contributed by atoms with Crippen LogP contribution in [0.5, 0.6) is 5.88 Å². The molecule has 5 heteroatoms. The highest BCUT2D eigenvalue weighted by molar-refractivity contribution is 5.35. The van der Waals surface area contributed by atoms with Crippen LogP contribution in [0.3, 0.4) is 0 Å². The number of rotatable bonds is 4. The number of anilines is 1. The summed E-state index contributed by atoms with van der Waals surface area (Å²) >= 11 is 0. The topological polar surface area (TPSA) is 67.3 Å². The lowest BCUT2D eigenvalue weighted by atomic mass is 9.93. The molecule has 1 aliphatic rings. The Hall–Kier alpha value is -1.36. The maximum Gasteiger partial charge on any atom is 0.234 e. The number of aliphatic hydroxyl groups excluding tert-OH is 1. The molecule has 1 fully saturated rings. The molecule has 0 aliphatic heterocycles. The Balaban J connectivity index is 1.99. The summed E-state index contributed by atoms with van der Waals surface area (Å²) in [5.41, 5.74) is 0. The van der Waals surface area contributed by atoms with Crippen LogP contribution in [-0.2, 0) is 0 Å². The third-order valence-electron chi connectivity index (χ3n) is 2.97. The van der Waals surface area contributed by atoms with Crippen molar-refractivity contribution in [1.29, 1.82) is 0 Å². The van der Waals surface area contributed by atoms with Gasteiger partial charge in [-0.3, -0.25) is 4.98 Å². The van der Waals surface area contributed by atoms with Gasteiger partial charge in [0.05, 0.1) is 31.1 Å². The number of hydrogen-bond donors (Lipinski definition) is 2. The Bertz CT molecular complexity index is 359. The highest BCUT2D eigenvalue weighted by Gasteiger charge is 2.23. The minimum atomic E-state index is -0.290. The Labute approximate surface area is 101 Å². The number of hydrogen-bond acceptors (Lipinski definition) is 5. The fourth-order valence-corrected chi connectivity index (χ4v) is 2.10. The Morgan fingerprint density at radius 2 is 2.24 bits per heavy atom. The van der Waals surface area contributed by atoms with Gasteiger partial charge < -0.3 is 15.2 Å². The average Bonchev–Trinajstić information content (AvgIpc) is 2.33. The fraction of sp³-hybridized carbons (Fsp3) is 0.667. The van der Waals surface area contributed by atoms with Crippen molar-refractivity contribution in [2.24, 2.45) is 0 Å². The number of nitrogens with one attached hydrogen (secondary N) is 1. The average molecular weight is 237 g/mol. The highest BCUT2D eigenvalue weighted by Crippen LogP contribution is 2.21. The van der Waals surface area contributed by atoms with E-state index in [4.69, 9.17) is 4.74 Å². The van der Waals surface area contributed by atoms with Crippen molar-refractivity contribution < 1.29 is 9.84 Å². The van der Waals surface area contributed by atoms with Crippen LogP contribution >= 0.6 is 0 Å². The van der Waals surface area contributed by atoms with Gasteiger partial charge >= 0.3 is 0 Å². The zero-order chi connectivity index (χ0) is 12.1. The number of aromatic nitrogens is 2. The van der Waals surface area contributed by atoms with Crippen LogP contribution in [0.4, 0.5) is 5.82 Å². The zero-order valence-electron chi connectivity index (χ0n) is 10.1. The van der Waals surface area contributed by atoms with E-state index in [0.717, 1.165) is 25.7 Å². The summed E-state index contributed by atoms with van der Waals surface area (Å²) in [7, 11) is 0. The van der Waals surface area contributed by atoms with E-state index in [1.807, 2.05) is 6.92 Å². The van der Waals surface area contributed by atoms with Gasteiger partial charge in [0.25, 0.3) is 0 Å². The summed E-state index contributed by atoms with van der Waals surface area (Å²) in [5.74, 6) is 1.18. The van der Waals surface area contributed by atoms with E-state index in [9.17, 15) is 5.11 Å². The first-order valence-corrected chi connectivity index (χ1v) is 6.19. The molecule has 1 heterocycles. The maximum absolute atomic E-state index is 9.86. The third kappa shape index (κ3) is 3.30. The molecule has 0 radical (unpaired) electrons. The smallest absolute Gasteiger partial charge is 0.234 e. The largest absolute Gasteiger partial charge is 0.477 e. The minimum absolute atomic E-state index is 0.0786. The molecule has 1 aromatic rings. The van der Waals surface area contributed by atoms with Gasteiger partial charge in [-0.15, -0.1) is 0 Å². The first-order valence-electron chi connectivity index (χ1n) is 6.19. The molecule has 0 spiro atoms. The van der Waals surface area contributed by atoms with Crippen LogP contribution in [-0.4, -0.2) is 33.8 Å². The molecule has 0 saturated heterocycles. The van der Waals surface area contributed by atoms with Crippen LogP contribution in [0, 0.1) is 0 Å². The molecular formula is C12H19N3O2. The third-order valence-corrected chi connectivity index (χ3v) is 2.97. The number of nitrogens with zero attached hydrogens (tertiary/aromatic N) is 2. The fourth-order valence-electron chi connectivity index (χ4n) is 2.10. The maximum atomic E-state index is 9.86. The molecule has 2 rings (SSSR count). The molecule has 2 N–H and O–H groups in total. The van der Waals surface area contributed by atoms with E-state index < -0.39 is 0 Å². The van der Waals surface area contributed by atoms with Crippen molar-refractivity contribution in [3.63, 3.8) is 0 Å². The van der Waals surface area contributed by atoms with E-state index in [-0.39, 0.29) is 12.1 Å². The van der Waals surface area contributed by atoms with Gasteiger partial charge in [0, 0.05) is 0 Å². The van der Waals surface area contributed by atoms with Crippen molar-refractivity contribution in [2.45, 2.75) is 44.8 Å². The first-order chi connectivity index (χ1) is 8.29. The lowest BCUT2D eigenvalue weighted by Crippen LogP contribution is -2.36. The molecule has 2 atom stereocenters. The molecule has 0 aromatic carbocycles. The van der Waals surface area contributed by atoms with Crippen molar-refractivity contribution in [2.75, 3.05) is 11.9 Å². The summed E-state index contributed by atoms with van der Waals surface area (Å²) in [5, 5.41) is 13.1. The standard InChI is InChI=1S/C12H19N3O2/c1-2-17-12-8-13-7-11(15-12)14-9-5-3-4-6-10(9)16/h7-10,16H,2-6H2,1H3,(H,14,15)/t9-,10-/m0/s1. The summed E-state index contributed by atoms with van der Waals surface area (Å²) in [6, 6.07) is 0.0786. The van der Waals surface area contributed by atoms with Gasteiger partial charge in [0.2, 0.25) is 5.88 Å².